The van der Waals surface area contributed by atoms with Gasteiger partial charge in [0, 0.05) is 0 Å². The molecule has 0 aliphatic rings. The summed E-state index contributed by atoms with van der Waals surface area (Å²) in [6.45, 7) is 10.0. The Morgan fingerprint density at radius 3 is 2.23 bits per heavy atom. The molecule has 0 aromatic heterocycles. The van der Waals surface area contributed by atoms with Crippen LogP contribution < -0.4 is 15.8 Å². The highest BCUT2D eigenvalue weighted by molar-refractivity contribution is 5.87. The fraction of sp³-hybridized carbons (Fsp3) is 0.480. The monoisotopic (exact) mass is 412 g/mol. The van der Waals surface area contributed by atoms with Gasteiger partial charge in [0.25, 0.3) is 0 Å². The summed E-state index contributed by atoms with van der Waals surface area (Å²) in [5.41, 5.74) is 5.45. The molecule has 164 valence electrons. The molecular formula is C25H36N2O3. The first-order valence-electron chi connectivity index (χ1n) is 10.7. The van der Waals surface area contributed by atoms with Gasteiger partial charge in [-0.3, -0.25) is 4.79 Å². The van der Waals surface area contributed by atoms with E-state index in [1.54, 1.807) is 20.8 Å². The van der Waals surface area contributed by atoms with Gasteiger partial charge < -0.3 is 20.9 Å². The van der Waals surface area contributed by atoms with Crippen molar-refractivity contribution in [1.82, 2.24) is 5.32 Å². The molecule has 2 aromatic carbocycles. The molecule has 1 unspecified atom stereocenters. The maximum absolute atomic E-state index is 13.0. The molecule has 0 aliphatic carbocycles. The first kappa shape index (κ1) is 23.9. The minimum atomic E-state index is -1.22. The predicted octanol–water partition coefficient (Wildman–Crippen LogP) is 4.30. The third-order valence-corrected chi connectivity index (χ3v) is 5.36. The van der Waals surface area contributed by atoms with Crippen molar-refractivity contribution >= 4 is 5.91 Å². The number of hydrogen-bond donors (Lipinski definition) is 3. The summed E-state index contributed by atoms with van der Waals surface area (Å²) in [5, 5.41) is 13.7. The van der Waals surface area contributed by atoms with Crippen molar-refractivity contribution in [2.24, 2.45) is 11.7 Å². The molecule has 5 nitrogen and oxygen atoms in total. The Balaban J connectivity index is 2.15. The molecule has 2 aromatic rings. The highest BCUT2D eigenvalue weighted by Crippen LogP contribution is 2.29. The first-order chi connectivity index (χ1) is 14.1. The molecule has 0 spiro atoms. The third kappa shape index (κ3) is 6.31. The maximum atomic E-state index is 13.0. The molecule has 5 heteroatoms. The minimum absolute atomic E-state index is 0.352. The Morgan fingerprint density at radius 1 is 1.10 bits per heavy atom. The molecule has 0 saturated heterocycles. The van der Waals surface area contributed by atoms with Crippen LogP contribution in [0.3, 0.4) is 0 Å². The second-order valence-electron chi connectivity index (χ2n) is 8.90. The number of benzene rings is 2. The van der Waals surface area contributed by atoms with Crippen LogP contribution in [0.5, 0.6) is 5.75 Å². The minimum Gasteiger partial charge on any atom is -0.493 e. The van der Waals surface area contributed by atoms with E-state index in [9.17, 15) is 9.90 Å². The Labute approximate surface area is 180 Å². The SMILES string of the molecule is CCCC(C)COc1ccc([C@@H](NC(=O)[C@](C)(N)c2ccccc2)C(C)(C)O)cc1. The van der Waals surface area contributed by atoms with Crippen molar-refractivity contribution in [2.45, 2.75) is 64.6 Å². The van der Waals surface area contributed by atoms with Crippen LogP contribution in [0.15, 0.2) is 54.6 Å². The normalized spacial score (nSPS) is 15.7. The maximum Gasteiger partial charge on any atom is 0.244 e. The average molecular weight is 413 g/mol. The van der Waals surface area contributed by atoms with Crippen LogP contribution in [0.1, 0.15) is 64.6 Å². The topological polar surface area (TPSA) is 84.6 Å². The molecular weight excluding hydrogens is 376 g/mol. The summed E-state index contributed by atoms with van der Waals surface area (Å²) >= 11 is 0. The standard InChI is InChI=1S/C25H36N2O3/c1-6-10-18(2)17-30-21-15-13-19(14-16-21)22(24(3,4)29)27-23(28)25(5,26)20-11-8-7-9-12-20/h7-9,11-16,18,22,29H,6,10,17,26H2,1-5H3,(H,27,28)/t18?,22-,25-/m1/s1. The van der Waals surface area contributed by atoms with Gasteiger partial charge in [-0.1, -0.05) is 62.7 Å². The smallest absolute Gasteiger partial charge is 0.244 e. The number of rotatable bonds is 10. The highest BCUT2D eigenvalue weighted by atomic mass is 16.5. The molecule has 0 aliphatic heterocycles. The van der Waals surface area contributed by atoms with Crippen LogP contribution in [0.25, 0.3) is 0 Å². The van der Waals surface area contributed by atoms with E-state index in [1.165, 1.54) is 0 Å². The average Bonchev–Trinajstić information content (AvgIpc) is 2.71. The Hall–Kier alpha value is -2.37. The molecule has 2 rings (SSSR count). The number of aliphatic hydroxyl groups is 1. The van der Waals surface area contributed by atoms with Crippen molar-refractivity contribution in [3.8, 4) is 5.75 Å². The van der Waals surface area contributed by atoms with Gasteiger partial charge in [0.2, 0.25) is 5.91 Å². The zero-order valence-corrected chi connectivity index (χ0v) is 18.8. The molecule has 1 amide bonds. The molecule has 30 heavy (non-hydrogen) atoms. The number of carbonyl (C=O) groups excluding carboxylic acids is 1. The van der Waals surface area contributed by atoms with E-state index in [0.29, 0.717) is 18.1 Å². The van der Waals surface area contributed by atoms with Gasteiger partial charge in [0.05, 0.1) is 18.2 Å². The van der Waals surface area contributed by atoms with E-state index >= 15 is 0 Å². The van der Waals surface area contributed by atoms with Crippen molar-refractivity contribution < 1.29 is 14.6 Å². The van der Waals surface area contributed by atoms with Crippen LogP contribution in [-0.4, -0.2) is 23.2 Å². The second-order valence-corrected chi connectivity index (χ2v) is 8.90. The summed E-state index contributed by atoms with van der Waals surface area (Å²) in [7, 11) is 0. The van der Waals surface area contributed by atoms with Gasteiger partial charge in [-0.05, 0) is 56.4 Å². The lowest BCUT2D eigenvalue weighted by Gasteiger charge is -2.34. The van der Waals surface area contributed by atoms with Crippen LogP contribution in [-0.2, 0) is 10.3 Å². The molecule has 0 fully saturated rings. The number of amides is 1. The quantitative estimate of drug-likeness (QED) is 0.543. The lowest BCUT2D eigenvalue weighted by atomic mass is 9.88. The number of hydrogen-bond acceptors (Lipinski definition) is 4. The summed E-state index contributed by atoms with van der Waals surface area (Å²) in [6, 6.07) is 16.1. The molecule has 0 radical (unpaired) electrons. The lowest BCUT2D eigenvalue weighted by molar-refractivity contribution is -0.128. The Morgan fingerprint density at radius 2 is 1.70 bits per heavy atom. The van der Waals surface area contributed by atoms with Crippen molar-refractivity contribution in [3.05, 3.63) is 65.7 Å². The van der Waals surface area contributed by atoms with Crippen molar-refractivity contribution in [3.63, 3.8) is 0 Å². The van der Waals surface area contributed by atoms with Crippen LogP contribution in [0, 0.1) is 5.92 Å². The number of nitrogens with one attached hydrogen (secondary N) is 1. The second kappa shape index (κ2) is 10.1. The summed E-state index contributed by atoms with van der Waals surface area (Å²) in [4.78, 5) is 13.0. The lowest BCUT2D eigenvalue weighted by Crippen LogP contribution is -2.53. The zero-order valence-electron chi connectivity index (χ0n) is 18.8. The van der Waals surface area contributed by atoms with Gasteiger partial charge in [0.1, 0.15) is 11.3 Å². The van der Waals surface area contributed by atoms with Gasteiger partial charge in [-0.2, -0.15) is 0 Å². The van der Waals surface area contributed by atoms with E-state index < -0.39 is 17.2 Å². The fourth-order valence-electron chi connectivity index (χ4n) is 3.44. The van der Waals surface area contributed by atoms with E-state index in [0.717, 1.165) is 24.2 Å². The van der Waals surface area contributed by atoms with Gasteiger partial charge in [0.15, 0.2) is 0 Å². The van der Waals surface area contributed by atoms with Gasteiger partial charge in [-0.25, -0.2) is 0 Å². The molecule has 3 atom stereocenters. The van der Waals surface area contributed by atoms with E-state index in [-0.39, 0.29) is 5.91 Å². The largest absolute Gasteiger partial charge is 0.493 e. The summed E-state index contributed by atoms with van der Waals surface area (Å²) in [6.07, 6.45) is 2.27. The molecule has 0 heterocycles. The van der Waals surface area contributed by atoms with Crippen LogP contribution in [0.2, 0.25) is 0 Å². The molecule has 0 bridgehead atoms. The summed E-state index contributed by atoms with van der Waals surface area (Å²) < 4.78 is 5.86. The fourth-order valence-corrected chi connectivity index (χ4v) is 3.44. The number of ether oxygens (including phenoxy) is 1. The third-order valence-electron chi connectivity index (χ3n) is 5.36. The highest BCUT2D eigenvalue weighted by Gasteiger charge is 2.36. The number of carbonyl (C=O) groups is 1. The van der Waals surface area contributed by atoms with Crippen molar-refractivity contribution in [2.75, 3.05) is 6.61 Å². The van der Waals surface area contributed by atoms with Crippen LogP contribution >= 0.6 is 0 Å². The Bertz CT molecular complexity index is 795. The predicted molar refractivity (Wildman–Crippen MR) is 121 cm³/mol. The van der Waals surface area contributed by atoms with Crippen LogP contribution in [0.4, 0.5) is 0 Å². The molecule has 0 saturated carbocycles. The zero-order chi connectivity index (χ0) is 22.4. The van der Waals surface area contributed by atoms with Crippen molar-refractivity contribution in [1.29, 1.82) is 0 Å². The first-order valence-corrected chi connectivity index (χ1v) is 10.7. The summed E-state index contributed by atoms with van der Waals surface area (Å²) in [5.74, 6) is 0.920. The van der Waals surface area contributed by atoms with E-state index in [2.05, 4.69) is 19.2 Å². The van der Waals surface area contributed by atoms with E-state index in [1.807, 2.05) is 54.6 Å². The van der Waals surface area contributed by atoms with E-state index in [4.69, 9.17) is 10.5 Å². The number of nitrogens with two attached hydrogens (primary N) is 1. The van der Waals surface area contributed by atoms with Gasteiger partial charge >= 0.3 is 0 Å². The van der Waals surface area contributed by atoms with Gasteiger partial charge in [-0.15, -0.1) is 0 Å². The Kier molecular flexibility index (Phi) is 8.04. The molecule has 4 N–H and O–H groups in total.